The summed E-state index contributed by atoms with van der Waals surface area (Å²) in [5, 5.41) is 14.4. The van der Waals surface area contributed by atoms with E-state index in [0.717, 1.165) is 4.90 Å². The van der Waals surface area contributed by atoms with Crippen LogP contribution in [0.4, 0.5) is 0 Å². The number of carbonyl (C=O) groups is 5. The van der Waals surface area contributed by atoms with Crippen LogP contribution in [0.3, 0.4) is 0 Å². The summed E-state index contributed by atoms with van der Waals surface area (Å²) >= 11 is 0. The third-order valence-corrected chi connectivity index (χ3v) is 4.76. The molecule has 32 heavy (non-hydrogen) atoms. The van der Waals surface area contributed by atoms with Crippen LogP contribution in [-0.2, 0) is 24.0 Å². The van der Waals surface area contributed by atoms with Gasteiger partial charge in [-0.3, -0.25) is 29.1 Å². The maximum Gasteiger partial charge on any atom is 0.326 e. The van der Waals surface area contributed by atoms with Crippen molar-refractivity contribution < 1.29 is 29.1 Å². The first-order valence-electron chi connectivity index (χ1n) is 10.4. The van der Waals surface area contributed by atoms with Gasteiger partial charge in [0, 0.05) is 31.7 Å². The van der Waals surface area contributed by atoms with Crippen LogP contribution in [0.15, 0.2) is 17.1 Å². The van der Waals surface area contributed by atoms with E-state index in [-0.39, 0.29) is 55.5 Å². The van der Waals surface area contributed by atoms with E-state index in [4.69, 9.17) is 11.5 Å². The van der Waals surface area contributed by atoms with E-state index in [9.17, 15) is 29.1 Å². The first-order valence-corrected chi connectivity index (χ1v) is 10.4. The Balaban J connectivity index is 2.50. The standard InChI is InChI=1S/C20H32N6O6/c1-12(2)17(18(30)24-13(19(31)32)6-5-10-23-20(21)22)25-14(27)7-3-4-11-26-15(28)8-9-16(26)29/h8-9,12-13,17H,3-7,10-11H2,1-2H3,(H,24,30)(H,25,27)(H,31,32)(H4,21,22,23)/t13-,17-/m0/s1. The summed E-state index contributed by atoms with van der Waals surface area (Å²) in [7, 11) is 0. The van der Waals surface area contributed by atoms with Crippen LogP contribution in [0.25, 0.3) is 0 Å². The van der Waals surface area contributed by atoms with E-state index in [2.05, 4.69) is 15.6 Å². The van der Waals surface area contributed by atoms with Gasteiger partial charge < -0.3 is 27.2 Å². The molecule has 0 unspecified atom stereocenters. The van der Waals surface area contributed by atoms with Crippen LogP contribution < -0.4 is 22.1 Å². The van der Waals surface area contributed by atoms with Crippen molar-refractivity contribution in [3.05, 3.63) is 12.2 Å². The Bertz CT molecular complexity index is 757. The first kappa shape index (κ1) is 26.6. The number of nitrogens with zero attached hydrogens (tertiary/aromatic N) is 2. The first-order chi connectivity index (χ1) is 15.0. The topological polar surface area (TPSA) is 197 Å². The van der Waals surface area contributed by atoms with Gasteiger partial charge in [-0.15, -0.1) is 0 Å². The fourth-order valence-electron chi connectivity index (χ4n) is 3.01. The summed E-state index contributed by atoms with van der Waals surface area (Å²) in [6, 6.07) is -2.05. The van der Waals surface area contributed by atoms with Crippen molar-refractivity contribution in [2.75, 3.05) is 13.1 Å². The Kier molecular flexibility index (Phi) is 10.9. The Morgan fingerprint density at radius 3 is 2.22 bits per heavy atom. The largest absolute Gasteiger partial charge is 0.480 e. The number of carboxylic acids is 1. The molecule has 0 aromatic heterocycles. The summed E-state index contributed by atoms with van der Waals surface area (Å²) in [5.74, 6) is -3.29. The minimum atomic E-state index is -1.20. The number of guanidine groups is 1. The molecule has 2 atom stereocenters. The molecule has 0 aromatic carbocycles. The molecule has 12 nitrogen and oxygen atoms in total. The number of hydrogen-bond donors (Lipinski definition) is 5. The molecule has 0 saturated heterocycles. The molecule has 1 aliphatic heterocycles. The Morgan fingerprint density at radius 2 is 1.69 bits per heavy atom. The minimum Gasteiger partial charge on any atom is -0.480 e. The van der Waals surface area contributed by atoms with Gasteiger partial charge in [0.25, 0.3) is 11.8 Å². The van der Waals surface area contributed by atoms with Gasteiger partial charge in [-0.05, 0) is 31.6 Å². The average molecular weight is 453 g/mol. The maximum atomic E-state index is 12.6. The van der Waals surface area contributed by atoms with Gasteiger partial charge in [0.05, 0.1) is 0 Å². The van der Waals surface area contributed by atoms with E-state index in [1.165, 1.54) is 12.2 Å². The third-order valence-electron chi connectivity index (χ3n) is 4.76. The Morgan fingerprint density at radius 1 is 1.06 bits per heavy atom. The van der Waals surface area contributed by atoms with Crippen LogP contribution >= 0.6 is 0 Å². The summed E-state index contributed by atoms with van der Waals surface area (Å²) in [5.41, 5.74) is 10.4. The number of nitrogens with two attached hydrogens (primary N) is 2. The van der Waals surface area contributed by atoms with E-state index in [1.54, 1.807) is 13.8 Å². The van der Waals surface area contributed by atoms with Crippen LogP contribution in [-0.4, -0.2) is 70.7 Å². The highest BCUT2D eigenvalue weighted by molar-refractivity contribution is 6.12. The van der Waals surface area contributed by atoms with E-state index in [0.29, 0.717) is 19.3 Å². The van der Waals surface area contributed by atoms with Gasteiger partial charge in [-0.2, -0.15) is 0 Å². The molecule has 0 radical (unpaired) electrons. The van der Waals surface area contributed by atoms with Crippen molar-refractivity contribution in [1.29, 1.82) is 0 Å². The molecule has 0 spiro atoms. The average Bonchev–Trinajstić information content (AvgIpc) is 3.02. The number of amides is 4. The highest BCUT2D eigenvalue weighted by Gasteiger charge is 2.28. The molecule has 4 amide bonds. The van der Waals surface area contributed by atoms with Crippen molar-refractivity contribution in [2.45, 2.75) is 58.0 Å². The fourth-order valence-corrected chi connectivity index (χ4v) is 3.01. The second-order valence-corrected chi connectivity index (χ2v) is 7.76. The van der Waals surface area contributed by atoms with Crippen molar-refractivity contribution in [3.8, 4) is 0 Å². The van der Waals surface area contributed by atoms with E-state index < -0.39 is 24.0 Å². The Labute approximate surface area is 186 Å². The van der Waals surface area contributed by atoms with Crippen molar-refractivity contribution in [3.63, 3.8) is 0 Å². The van der Waals surface area contributed by atoms with E-state index >= 15 is 0 Å². The number of unbranched alkanes of at least 4 members (excludes halogenated alkanes) is 1. The van der Waals surface area contributed by atoms with Crippen LogP contribution in [0.1, 0.15) is 46.0 Å². The quantitative estimate of drug-likeness (QED) is 0.0941. The number of nitrogens with one attached hydrogen (secondary N) is 2. The van der Waals surface area contributed by atoms with Crippen molar-refractivity contribution in [1.82, 2.24) is 15.5 Å². The molecule has 7 N–H and O–H groups in total. The van der Waals surface area contributed by atoms with Crippen LogP contribution in [0.5, 0.6) is 0 Å². The van der Waals surface area contributed by atoms with Gasteiger partial charge in [0.2, 0.25) is 11.8 Å². The fraction of sp³-hybridized carbons (Fsp3) is 0.600. The molecule has 12 heteroatoms. The highest BCUT2D eigenvalue weighted by atomic mass is 16.4. The number of aliphatic imine (C=N–C) groups is 1. The van der Waals surface area contributed by atoms with Gasteiger partial charge in [0.1, 0.15) is 12.1 Å². The van der Waals surface area contributed by atoms with Crippen molar-refractivity contribution >= 4 is 35.6 Å². The van der Waals surface area contributed by atoms with E-state index in [1.807, 2.05) is 0 Å². The molecule has 1 heterocycles. The zero-order valence-electron chi connectivity index (χ0n) is 18.4. The molecular weight excluding hydrogens is 420 g/mol. The third kappa shape index (κ3) is 9.14. The minimum absolute atomic E-state index is 0.0982. The molecular formula is C20H32N6O6. The zero-order valence-corrected chi connectivity index (χ0v) is 18.4. The molecule has 0 bridgehead atoms. The molecule has 1 aliphatic rings. The lowest BCUT2D eigenvalue weighted by Crippen LogP contribution is -2.53. The van der Waals surface area contributed by atoms with Crippen LogP contribution in [0.2, 0.25) is 0 Å². The van der Waals surface area contributed by atoms with Gasteiger partial charge in [-0.1, -0.05) is 13.8 Å². The van der Waals surface area contributed by atoms with Crippen LogP contribution in [0, 0.1) is 5.92 Å². The molecule has 1 rings (SSSR count). The number of hydrogen-bond acceptors (Lipinski definition) is 6. The normalized spacial score (nSPS) is 14.9. The lowest BCUT2D eigenvalue weighted by molar-refractivity contribution is -0.142. The monoisotopic (exact) mass is 452 g/mol. The zero-order chi connectivity index (χ0) is 24.3. The van der Waals surface area contributed by atoms with Gasteiger partial charge >= 0.3 is 5.97 Å². The van der Waals surface area contributed by atoms with Gasteiger partial charge in [-0.25, -0.2) is 4.79 Å². The smallest absolute Gasteiger partial charge is 0.326 e. The summed E-state index contributed by atoms with van der Waals surface area (Å²) in [6.45, 7) is 3.91. The summed E-state index contributed by atoms with van der Waals surface area (Å²) < 4.78 is 0. The molecule has 0 saturated carbocycles. The number of rotatable bonds is 14. The lowest BCUT2D eigenvalue weighted by atomic mass is 10.0. The van der Waals surface area contributed by atoms with Crippen molar-refractivity contribution in [2.24, 2.45) is 22.4 Å². The number of carbonyl (C=O) groups excluding carboxylic acids is 4. The predicted octanol–water partition coefficient (Wildman–Crippen LogP) is -1.15. The predicted molar refractivity (Wildman–Crippen MR) is 116 cm³/mol. The second-order valence-electron chi connectivity index (χ2n) is 7.76. The maximum absolute atomic E-state index is 12.6. The number of imide groups is 1. The molecule has 178 valence electrons. The summed E-state index contributed by atoms with van der Waals surface area (Å²) in [4.78, 5) is 64.2. The number of carboxylic acid groups (broad SMARTS) is 1. The lowest BCUT2D eigenvalue weighted by Gasteiger charge is -2.24. The second kappa shape index (κ2) is 13.1. The molecule has 0 aromatic rings. The van der Waals surface area contributed by atoms with Gasteiger partial charge in [0.15, 0.2) is 5.96 Å². The molecule has 0 fully saturated rings. The Hall–Kier alpha value is -3.44. The summed E-state index contributed by atoms with van der Waals surface area (Å²) in [6.07, 6.45) is 3.84. The number of aliphatic carboxylic acids is 1. The SMILES string of the molecule is CC(C)[C@H](NC(=O)CCCCN1C(=O)C=CC1=O)C(=O)N[C@@H](CCCN=C(N)N)C(=O)O. The molecule has 0 aliphatic carbocycles. The highest BCUT2D eigenvalue weighted by Crippen LogP contribution is 2.08.